The molecule has 0 bridgehead atoms. The Bertz CT molecular complexity index is 373. The molecule has 0 aliphatic rings. The molecule has 0 fully saturated rings. The normalized spacial score (nSPS) is 8.93. The van der Waals surface area contributed by atoms with Gasteiger partial charge in [-0.15, -0.1) is 12.4 Å². The van der Waals surface area contributed by atoms with Gasteiger partial charge in [0.05, 0.1) is 11.1 Å². The molecule has 0 aromatic heterocycles. The van der Waals surface area contributed by atoms with Crippen LogP contribution in [0.4, 0.5) is 0 Å². The van der Waals surface area contributed by atoms with Gasteiger partial charge in [0.15, 0.2) is 0 Å². The van der Waals surface area contributed by atoms with Crippen LogP contribution in [0.2, 0.25) is 0 Å². The summed E-state index contributed by atoms with van der Waals surface area (Å²) in [6.45, 7) is 1.62. The molecule has 0 amide bonds. The van der Waals surface area contributed by atoms with Gasteiger partial charge in [0.1, 0.15) is 0 Å². The molecule has 0 radical (unpaired) electrons. The number of hydrogen-bond acceptors (Lipinski definition) is 2. The molecule has 76 valence electrons. The summed E-state index contributed by atoms with van der Waals surface area (Å²) in [5.41, 5.74) is 0.570. The highest BCUT2D eigenvalue weighted by Crippen LogP contribution is 2.10. The predicted molar refractivity (Wildman–Crippen MR) is 52.3 cm³/mol. The van der Waals surface area contributed by atoms with E-state index in [4.69, 9.17) is 10.2 Å². The molecule has 0 atom stereocenters. The van der Waals surface area contributed by atoms with E-state index in [9.17, 15) is 9.59 Å². The second kappa shape index (κ2) is 4.62. The van der Waals surface area contributed by atoms with Gasteiger partial charge in [-0.2, -0.15) is 0 Å². The third-order valence-electron chi connectivity index (χ3n) is 1.71. The van der Waals surface area contributed by atoms with Crippen molar-refractivity contribution in [1.82, 2.24) is 0 Å². The van der Waals surface area contributed by atoms with Crippen molar-refractivity contribution >= 4 is 24.3 Å². The van der Waals surface area contributed by atoms with Crippen LogP contribution in [0.25, 0.3) is 0 Å². The first-order valence-electron chi connectivity index (χ1n) is 3.59. The topological polar surface area (TPSA) is 74.6 Å². The van der Waals surface area contributed by atoms with Crippen molar-refractivity contribution in [3.63, 3.8) is 0 Å². The summed E-state index contributed by atoms with van der Waals surface area (Å²) in [5, 5.41) is 17.3. The van der Waals surface area contributed by atoms with Crippen LogP contribution in [0.5, 0.6) is 0 Å². The van der Waals surface area contributed by atoms with Crippen molar-refractivity contribution < 1.29 is 19.8 Å². The first-order chi connectivity index (χ1) is 6.02. The summed E-state index contributed by atoms with van der Waals surface area (Å²) in [7, 11) is 0. The van der Waals surface area contributed by atoms with Crippen molar-refractivity contribution in [2.45, 2.75) is 6.92 Å². The van der Waals surface area contributed by atoms with E-state index in [0.717, 1.165) is 6.07 Å². The van der Waals surface area contributed by atoms with Crippen LogP contribution in [0.15, 0.2) is 18.2 Å². The molecule has 0 spiro atoms. The average Bonchev–Trinajstić information content (AvgIpc) is 2.04. The molecule has 0 saturated heterocycles. The van der Waals surface area contributed by atoms with Crippen LogP contribution >= 0.6 is 12.4 Å². The van der Waals surface area contributed by atoms with Crippen molar-refractivity contribution in [1.29, 1.82) is 0 Å². The smallest absolute Gasteiger partial charge is 0.335 e. The molecule has 14 heavy (non-hydrogen) atoms. The molecular weight excluding hydrogens is 208 g/mol. The van der Waals surface area contributed by atoms with Crippen molar-refractivity contribution in [2.24, 2.45) is 0 Å². The summed E-state index contributed by atoms with van der Waals surface area (Å²) in [6, 6.07) is 4.01. The number of benzene rings is 1. The minimum atomic E-state index is -1.12. The number of rotatable bonds is 2. The lowest BCUT2D eigenvalue weighted by Gasteiger charge is -2.01. The van der Waals surface area contributed by atoms with Gasteiger partial charge in [0, 0.05) is 0 Å². The first-order valence-corrected chi connectivity index (χ1v) is 3.59. The number of hydrogen-bond donors (Lipinski definition) is 2. The average molecular weight is 217 g/mol. The standard InChI is InChI=1S/C9H8O4.ClH/c1-5-2-3-6(8(10)11)4-7(5)9(12)13;/h2-4H,1H3,(H,10,11)(H,12,13);1H. The lowest BCUT2D eigenvalue weighted by molar-refractivity contribution is 0.0695. The molecule has 5 heteroatoms. The SMILES string of the molecule is Cc1ccc(C(=O)O)cc1C(=O)O.Cl. The monoisotopic (exact) mass is 216 g/mol. The lowest BCUT2D eigenvalue weighted by atomic mass is 10.1. The molecular formula is C9H9ClO4. The van der Waals surface area contributed by atoms with E-state index >= 15 is 0 Å². The molecule has 1 aromatic carbocycles. The first kappa shape index (κ1) is 12.4. The Morgan fingerprint density at radius 2 is 1.71 bits per heavy atom. The van der Waals surface area contributed by atoms with Gasteiger partial charge < -0.3 is 10.2 Å². The van der Waals surface area contributed by atoms with Crippen LogP contribution in [0, 0.1) is 6.92 Å². The zero-order valence-corrected chi connectivity index (χ0v) is 8.17. The summed E-state index contributed by atoms with van der Waals surface area (Å²) in [4.78, 5) is 21.1. The number of carboxylic acids is 2. The highest BCUT2D eigenvalue weighted by Gasteiger charge is 2.10. The van der Waals surface area contributed by atoms with E-state index in [1.807, 2.05) is 0 Å². The highest BCUT2D eigenvalue weighted by atomic mass is 35.5. The minimum absolute atomic E-state index is 0. The Labute approximate surface area is 86.6 Å². The fraction of sp³-hybridized carbons (Fsp3) is 0.111. The molecule has 0 aliphatic carbocycles. The number of aryl methyl sites for hydroxylation is 1. The van der Waals surface area contributed by atoms with Gasteiger partial charge in [0.2, 0.25) is 0 Å². The van der Waals surface area contributed by atoms with Crippen LogP contribution in [0.3, 0.4) is 0 Å². The van der Waals surface area contributed by atoms with Gasteiger partial charge in [-0.05, 0) is 24.6 Å². The summed E-state index contributed by atoms with van der Waals surface area (Å²) in [6.07, 6.45) is 0. The van der Waals surface area contributed by atoms with Gasteiger partial charge >= 0.3 is 11.9 Å². The quantitative estimate of drug-likeness (QED) is 0.791. The Balaban J connectivity index is 0.00000169. The third kappa shape index (κ3) is 2.47. The maximum absolute atomic E-state index is 10.6. The maximum atomic E-state index is 10.6. The number of halogens is 1. The van der Waals surface area contributed by atoms with Crippen molar-refractivity contribution in [2.75, 3.05) is 0 Å². The molecule has 0 aliphatic heterocycles. The van der Waals surface area contributed by atoms with E-state index in [1.54, 1.807) is 6.92 Å². The fourth-order valence-corrected chi connectivity index (χ4v) is 0.985. The van der Waals surface area contributed by atoms with E-state index < -0.39 is 11.9 Å². The second-order valence-corrected chi connectivity index (χ2v) is 2.64. The van der Waals surface area contributed by atoms with Crippen LogP contribution in [0.1, 0.15) is 26.3 Å². The summed E-state index contributed by atoms with van der Waals surface area (Å²) < 4.78 is 0. The lowest BCUT2D eigenvalue weighted by Crippen LogP contribution is -2.03. The summed E-state index contributed by atoms with van der Waals surface area (Å²) in [5.74, 6) is -2.23. The second-order valence-electron chi connectivity index (χ2n) is 2.64. The minimum Gasteiger partial charge on any atom is -0.478 e. The van der Waals surface area contributed by atoms with Gasteiger partial charge in [-0.3, -0.25) is 0 Å². The molecule has 0 saturated carbocycles. The number of carbonyl (C=O) groups is 2. The van der Waals surface area contributed by atoms with Crippen molar-refractivity contribution in [3.8, 4) is 0 Å². The third-order valence-corrected chi connectivity index (χ3v) is 1.71. The van der Waals surface area contributed by atoms with E-state index in [-0.39, 0.29) is 23.5 Å². The Hall–Kier alpha value is -1.55. The zero-order valence-electron chi connectivity index (χ0n) is 7.35. The highest BCUT2D eigenvalue weighted by molar-refractivity contribution is 5.94. The van der Waals surface area contributed by atoms with Gasteiger partial charge in [-0.1, -0.05) is 6.07 Å². The molecule has 0 heterocycles. The van der Waals surface area contributed by atoms with Gasteiger partial charge in [0.25, 0.3) is 0 Å². The van der Waals surface area contributed by atoms with Crippen LogP contribution in [-0.2, 0) is 0 Å². The number of aromatic carboxylic acids is 2. The molecule has 0 unspecified atom stereocenters. The Morgan fingerprint density at radius 3 is 2.14 bits per heavy atom. The predicted octanol–water partition coefficient (Wildman–Crippen LogP) is 1.81. The van der Waals surface area contributed by atoms with E-state index in [0.29, 0.717) is 5.56 Å². The number of carboxylic acid groups (broad SMARTS) is 2. The molecule has 2 N–H and O–H groups in total. The van der Waals surface area contributed by atoms with E-state index in [1.165, 1.54) is 12.1 Å². The van der Waals surface area contributed by atoms with E-state index in [2.05, 4.69) is 0 Å². The molecule has 4 nitrogen and oxygen atoms in total. The van der Waals surface area contributed by atoms with Gasteiger partial charge in [-0.25, -0.2) is 9.59 Å². The molecule has 1 rings (SSSR count). The maximum Gasteiger partial charge on any atom is 0.335 e. The largest absolute Gasteiger partial charge is 0.478 e. The van der Waals surface area contributed by atoms with Crippen LogP contribution in [-0.4, -0.2) is 22.2 Å². The van der Waals surface area contributed by atoms with Crippen molar-refractivity contribution in [3.05, 3.63) is 34.9 Å². The zero-order chi connectivity index (χ0) is 10.0. The Morgan fingerprint density at radius 1 is 1.14 bits per heavy atom. The van der Waals surface area contributed by atoms with Crippen LogP contribution < -0.4 is 0 Å². The molecule has 1 aromatic rings. The fourth-order valence-electron chi connectivity index (χ4n) is 0.985. The Kier molecular flexibility index (Phi) is 4.11. The summed E-state index contributed by atoms with van der Waals surface area (Å²) >= 11 is 0.